The van der Waals surface area contributed by atoms with E-state index >= 15 is 0 Å². The van der Waals surface area contributed by atoms with Gasteiger partial charge in [0.15, 0.2) is 0 Å². The first-order chi connectivity index (χ1) is 53.7. The van der Waals surface area contributed by atoms with Crippen LogP contribution in [0.15, 0.2) is 252 Å². The second-order valence-electron chi connectivity index (χ2n) is 36.6. The summed E-state index contributed by atoms with van der Waals surface area (Å²) in [4.78, 5) is 9.27. The van der Waals surface area contributed by atoms with Gasteiger partial charge in [-0.1, -0.05) is 216 Å². The number of pyridine rings is 2. The molecule has 3 aliphatic rings. The summed E-state index contributed by atoms with van der Waals surface area (Å²) in [7, 11) is -3.97. The Morgan fingerprint density at radius 2 is 0.614 bits per heavy atom. The van der Waals surface area contributed by atoms with E-state index in [9.17, 15) is 0 Å². The summed E-state index contributed by atoms with van der Waals surface area (Å²) in [5.74, 6) is 1.34. The molecule has 3 fully saturated rings. The Bertz CT molecular complexity index is 5520. The minimum absolute atomic E-state index is 0.330. The van der Waals surface area contributed by atoms with Crippen LogP contribution in [-0.2, 0) is 40.8 Å². The zero-order valence-corrected chi connectivity index (χ0v) is 76.0. The van der Waals surface area contributed by atoms with E-state index in [2.05, 4.69) is 388 Å². The summed E-state index contributed by atoms with van der Waals surface area (Å²) >= 11 is 6.96. The van der Waals surface area contributed by atoms with E-state index in [-0.39, 0.29) is 40.7 Å². The molecule has 0 saturated carbocycles. The van der Waals surface area contributed by atoms with Crippen LogP contribution in [0.1, 0.15) is 122 Å². The summed E-state index contributed by atoms with van der Waals surface area (Å²) in [6.45, 7) is 48.0. The van der Waals surface area contributed by atoms with E-state index in [1.165, 1.54) is 104 Å². The van der Waals surface area contributed by atoms with Crippen molar-refractivity contribution in [2.24, 2.45) is 11.8 Å². The average molecular weight is 1680 g/mol. The van der Waals surface area contributed by atoms with E-state index in [0.29, 0.717) is 11.8 Å². The first-order valence-electron chi connectivity index (χ1n) is 40.4. The van der Waals surface area contributed by atoms with E-state index in [4.69, 9.17) is 32.9 Å². The minimum Gasteiger partial charge on any atom is -0.405 e. The molecule has 588 valence electrons. The topological polar surface area (TPSA) is 96.0 Å². The monoisotopic (exact) mass is 1680 g/mol. The van der Waals surface area contributed by atoms with Gasteiger partial charge in [0.25, 0.3) is 0 Å². The van der Waals surface area contributed by atoms with Crippen molar-refractivity contribution in [2.45, 2.75) is 197 Å². The number of hydrogen-bond donors (Lipinski definition) is 0. The molecule has 0 unspecified atom stereocenters. The number of aromatic nitrogens is 5. The van der Waals surface area contributed by atoms with Crippen molar-refractivity contribution < 1.29 is 27.9 Å². The zero-order chi connectivity index (χ0) is 81.8. The van der Waals surface area contributed by atoms with Gasteiger partial charge in [0.05, 0.1) is 88.5 Å². The summed E-state index contributed by atoms with van der Waals surface area (Å²) < 4.78 is 45.3. The van der Waals surface area contributed by atoms with Gasteiger partial charge in [-0.05, 0) is 248 Å². The lowest BCUT2D eigenvalue weighted by Gasteiger charge is -2.32. The third-order valence-corrected chi connectivity index (χ3v) is 28.6. The highest BCUT2D eigenvalue weighted by molar-refractivity contribution is 9.10. The first kappa shape index (κ1) is 84.0. The summed E-state index contributed by atoms with van der Waals surface area (Å²) in [6, 6.07) is 81.9. The summed E-state index contributed by atoms with van der Waals surface area (Å²) in [5, 5.41) is 10.7. The Labute approximate surface area is 696 Å². The van der Waals surface area contributed by atoms with Crippen LogP contribution in [0.3, 0.4) is 0 Å². The van der Waals surface area contributed by atoms with Gasteiger partial charge in [0.1, 0.15) is 4.60 Å². The predicted octanol–water partition coefficient (Wildman–Crippen LogP) is 24.1. The molecule has 0 atom stereocenters. The lowest BCUT2D eigenvalue weighted by Crippen LogP contribution is -2.41. The molecule has 3 aliphatic heterocycles. The van der Waals surface area contributed by atoms with Crippen LogP contribution < -0.4 is 15.8 Å². The molecule has 3 saturated heterocycles. The average Bonchev–Trinajstić information content (AvgIpc) is 1.61. The maximum atomic E-state index is 6.19. The molecule has 0 aliphatic carbocycles. The van der Waals surface area contributed by atoms with E-state index in [1.807, 2.05) is 55.4 Å². The molecule has 11 nitrogen and oxygen atoms in total. The molecule has 8 heterocycles. The molecule has 0 bridgehead atoms. The van der Waals surface area contributed by atoms with Crippen LogP contribution in [0.5, 0.6) is 0 Å². The molecular weight excluding hydrogens is 1570 g/mol. The number of rotatable bonds is 12. The number of nitrogens with zero attached hydrogens (tertiary/aromatic N) is 5. The van der Waals surface area contributed by atoms with Crippen LogP contribution >= 0.6 is 31.9 Å². The molecule has 5 aromatic heterocycles. The molecule has 17 rings (SSSR count). The standard InChI is InChI=1S/C30H32N2Si.C24H24BNO2.C18H12BrN.C12H24B2O4.C12H20BrNSi/c1-21(2)18-23-19-27(31-20-30(23)33(3,4)5)22-14-16-24(17-15-22)32-28-12-8-6-10-25(28)26-11-7-9-13-29(26)32;1-23(2)24(3,4)28-25(27-23)17-13-15-18(16-14-17)26-21-11-7-5-9-19(21)20-10-6-8-12-22(20)26;19-13-9-11-14(12-10-13)20-17-7-3-1-5-15(17)16-6-2-4-8-18(16)20;1-9(2)10(3,4)16-13(15-9)14-17-11(5,6)12(7,8)18-14;1-9(2)6-10-7-12(13)14-8-11(10)15(3,4)5/h6-17,19-21H,18H2,1-5H3;5-16H,1-4H3;1-12H;1-8H3;7-9H,6H2,1-5H3. The molecule has 0 radical (unpaired) electrons. The Kier molecular flexibility index (Phi) is 24.2. The van der Waals surface area contributed by atoms with Crippen LogP contribution in [0, 0.1) is 11.8 Å². The normalized spacial score (nSPS) is 16.6. The highest BCUT2D eigenvalue weighted by Gasteiger charge is 2.64. The van der Waals surface area contributed by atoms with Gasteiger partial charge in [0, 0.05) is 71.8 Å². The summed E-state index contributed by atoms with van der Waals surface area (Å²) in [6.07, 6.45) is 6.48. The molecule has 18 heteroatoms. The van der Waals surface area contributed by atoms with Crippen LogP contribution in [0.25, 0.3) is 93.7 Å². The van der Waals surface area contributed by atoms with Gasteiger partial charge in [0.2, 0.25) is 0 Å². The Morgan fingerprint density at radius 3 is 0.921 bits per heavy atom. The maximum Gasteiger partial charge on any atom is 0.494 e. The van der Waals surface area contributed by atoms with Gasteiger partial charge in [-0.15, -0.1) is 0 Å². The Balaban J connectivity index is 0.000000128. The smallest absolute Gasteiger partial charge is 0.405 e. The van der Waals surface area contributed by atoms with E-state index in [1.54, 1.807) is 0 Å². The van der Waals surface area contributed by atoms with Crippen molar-refractivity contribution in [3.63, 3.8) is 0 Å². The highest BCUT2D eigenvalue weighted by atomic mass is 79.9. The van der Waals surface area contributed by atoms with Crippen LogP contribution in [0.2, 0.25) is 39.3 Å². The fourth-order valence-corrected chi connectivity index (χ4v) is 19.2. The Hall–Kier alpha value is -7.97. The van der Waals surface area contributed by atoms with Crippen molar-refractivity contribution in [3.8, 4) is 28.3 Å². The second-order valence-corrected chi connectivity index (χ2v) is 48.5. The van der Waals surface area contributed by atoms with Crippen LogP contribution in [-0.4, -0.2) is 94.6 Å². The van der Waals surface area contributed by atoms with E-state index in [0.717, 1.165) is 38.8 Å². The van der Waals surface area contributed by atoms with Gasteiger partial charge in [-0.25, -0.2) is 4.98 Å². The molecule has 9 aromatic carbocycles. The van der Waals surface area contributed by atoms with Gasteiger partial charge in [-0.3, -0.25) is 4.98 Å². The summed E-state index contributed by atoms with van der Waals surface area (Å²) in [5.41, 5.74) is 15.0. The minimum atomic E-state index is -1.43. The molecule has 0 amide bonds. The maximum absolute atomic E-state index is 6.19. The first-order valence-corrected chi connectivity index (χ1v) is 48.9. The SMILES string of the molecule is Brc1ccc(-n2c3ccccc3c3ccccc32)cc1.CC(C)Cc1cc(-c2ccc(-n3c4ccccc4c4ccccc43)cc2)ncc1[Si](C)(C)C.CC(C)Cc1cc(Br)ncc1[Si](C)(C)C.CC1(C)OB(B2OC(C)(C)C(C)(C)O2)OC1(C)C.CC1(C)OB(c2ccc(-n3c4ccccc4c4ccccc43)cc2)OC1(C)C. The fourth-order valence-electron chi connectivity index (χ4n) is 15.4. The third-order valence-electron chi connectivity index (χ3n) is 23.5. The van der Waals surface area contributed by atoms with Gasteiger partial charge in [-0.2, -0.15) is 0 Å². The van der Waals surface area contributed by atoms with Crippen molar-refractivity contribution in [1.29, 1.82) is 0 Å². The van der Waals surface area contributed by atoms with Crippen LogP contribution in [0.4, 0.5) is 0 Å². The zero-order valence-electron chi connectivity index (χ0n) is 70.8. The predicted molar refractivity (Wildman–Crippen MR) is 496 cm³/mol. The fraction of sp³-hybridized carbons (Fsp3) is 0.333. The van der Waals surface area contributed by atoms with Gasteiger partial charge < -0.3 is 41.6 Å². The number of benzene rings is 9. The number of fused-ring (bicyclic) bond motifs is 9. The largest absolute Gasteiger partial charge is 0.494 e. The van der Waals surface area contributed by atoms with Crippen molar-refractivity contribution >= 4 is 150 Å². The van der Waals surface area contributed by atoms with Crippen molar-refractivity contribution in [3.05, 3.63) is 263 Å². The molecule has 0 spiro atoms. The number of hydrogen-bond acceptors (Lipinski definition) is 8. The molecular formula is C96H112B3Br2N5O6Si2. The lowest BCUT2D eigenvalue weighted by atomic mass is 9.49. The Morgan fingerprint density at radius 1 is 0.342 bits per heavy atom. The van der Waals surface area contributed by atoms with Crippen molar-refractivity contribution in [1.82, 2.24) is 23.7 Å². The van der Waals surface area contributed by atoms with Gasteiger partial charge >= 0.3 is 21.1 Å². The molecule has 14 aromatic rings. The van der Waals surface area contributed by atoms with E-state index < -0.39 is 30.2 Å². The van der Waals surface area contributed by atoms with Crippen molar-refractivity contribution in [2.75, 3.05) is 0 Å². The highest BCUT2D eigenvalue weighted by Crippen LogP contribution is 2.44. The molecule has 0 N–H and O–H groups in total. The third kappa shape index (κ3) is 17.5. The lowest BCUT2D eigenvalue weighted by molar-refractivity contribution is 0.00578. The quantitative estimate of drug-likeness (QED) is 0.0882. The number of para-hydroxylation sites is 6. The number of halogens is 2. The second kappa shape index (κ2) is 32.8. The molecule has 114 heavy (non-hydrogen) atoms.